The molecule has 0 bridgehead atoms. The monoisotopic (exact) mass is 531 g/mol. The fraction of sp³-hybridized carbons (Fsp3) is 0.788. The summed E-state index contributed by atoms with van der Waals surface area (Å²) in [4.78, 5) is 11.9. The van der Waals surface area contributed by atoms with E-state index in [1.54, 1.807) is 12.1 Å². The van der Waals surface area contributed by atoms with Crippen molar-refractivity contribution >= 4 is 19.7 Å². The lowest BCUT2D eigenvalue weighted by atomic mass is 10.1. The molecule has 1 N–H and O–H groups in total. The summed E-state index contributed by atoms with van der Waals surface area (Å²) >= 11 is 0. The lowest BCUT2D eigenvalue weighted by Crippen LogP contribution is -2.28. The molecule has 1 aromatic rings. The maximum atomic E-state index is 11.9. The summed E-state index contributed by atoms with van der Waals surface area (Å²) in [5.74, 6) is -0.249. The zero-order chi connectivity index (χ0) is 27.2. The smallest absolute Gasteiger partial charge is 0.338 e. The Kier molecular flexibility index (Phi) is 19.7. The van der Waals surface area contributed by atoms with Gasteiger partial charge < -0.3 is 10.1 Å². The summed E-state index contributed by atoms with van der Waals surface area (Å²) in [6, 6.07) is 12.3. The molecular weight excluding hydrogens is 470 g/mol. The summed E-state index contributed by atoms with van der Waals surface area (Å²) in [6.45, 7) is 12.2. The standard InChI is InChI=1S/C33H61NO2Si/c1-6-8-9-21-28-37(5,7-2)29-22-19-17-15-13-11-10-12-14-16-18-20-27-34-32-25-23-31(24-26-32)33(35)36-30(3)4/h23-26,30,34H,6-22,27-29H2,1-5H3. The van der Waals surface area contributed by atoms with E-state index in [9.17, 15) is 4.79 Å². The lowest BCUT2D eigenvalue weighted by molar-refractivity contribution is 0.0378. The summed E-state index contributed by atoms with van der Waals surface area (Å²) in [6.07, 6.45) is 22.5. The average molecular weight is 532 g/mol. The van der Waals surface area contributed by atoms with Crippen LogP contribution in [0, 0.1) is 0 Å². The van der Waals surface area contributed by atoms with E-state index in [2.05, 4.69) is 25.7 Å². The molecule has 0 aliphatic carbocycles. The van der Waals surface area contributed by atoms with E-state index < -0.39 is 8.07 Å². The van der Waals surface area contributed by atoms with Crippen molar-refractivity contribution in [3.8, 4) is 0 Å². The maximum Gasteiger partial charge on any atom is 0.338 e. The van der Waals surface area contributed by atoms with Crippen LogP contribution in [-0.4, -0.2) is 26.7 Å². The topological polar surface area (TPSA) is 38.3 Å². The Hall–Kier alpha value is -1.29. The van der Waals surface area contributed by atoms with Gasteiger partial charge in [0.25, 0.3) is 0 Å². The van der Waals surface area contributed by atoms with Crippen molar-refractivity contribution in [1.82, 2.24) is 0 Å². The first-order valence-corrected chi connectivity index (χ1v) is 19.1. The largest absolute Gasteiger partial charge is 0.459 e. The van der Waals surface area contributed by atoms with Crippen LogP contribution in [0.15, 0.2) is 24.3 Å². The first-order valence-electron chi connectivity index (χ1n) is 15.9. The fourth-order valence-corrected chi connectivity index (χ4v) is 8.30. The van der Waals surface area contributed by atoms with E-state index in [0.29, 0.717) is 5.56 Å². The van der Waals surface area contributed by atoms with Crippen LogP contribution in [0.25, 0.3) is 0 Å². The van der Waals surface area contributed by atoms with Crippen molar-refractivity contribution in [3.63, 3.8) is 0 Å². The number of nitrogens with one attached hydrogen (secondary N) is 1. The fourth-order valence-electron chi connectivity index (χ4n) is 5.14. The molecule has 1 atom stereocenters. The van der Waals surface area contributed by atoms with Crippen molar-refractivity contribution in [1.29, 1.82) is 0 Å². The number of esters is 1. The quantitative estimate of drug-likeness (QED) is 0.0818. The van der Waals surface area contributed by atoms with Crippen molar-refractivity contribution in [3.05, 3.63) is 29.8 Å². The van der Waals surface area contributed by atoms with E-state index in [4.69, 9.17) is 4.74 Å². The highest BCUT2D eigenvalue weighted by Crippen LogP contribution is 2.27. The van der Waals surface area contributed by atoms with Crippen LogP contribution in [0.3, 0.4) is 0 Å². The molecule has 0 aliphatic rings. The Morgan fingerprint density at radius 3 is 1.65 bits per heavy atom. The second-order valence-corrected chi connectivity index (χ2v) is 17.3. The summed E-state index contributed by atoms with van der Waals surface area (Å²) in [5, 5.41) is 3.47. The number of rotatable bonds is 24. The molecule has 37 heavy (non-hydrogen) atoms. The first kappa shape index (κ1) is 33.7. The maximum absolute atomic E-state index is 11.9. The number of anilines is 1. The van der Waals surface area contributed by atoms with Gasteiger partial charge in [-0.1, -0.05) is 135 Å². The van der Waals surface area contributed by atoms with Crippen LogP contribution in [0.4, 0.5) is 5.69 Å². The Bertz CT molecular complexity index is 675. The Balaban J connectivity index is 1.91. The molecule has 0 aromatic heterocycles. The van der Waals surface area contributed by atoms with E-state index >= 15 is 0 Å². The third-order valence-electron chi connectivity index (χ3n) is 7.99. The minimum absolute atomic E-state index is 0.0846. The average Bonchev–Trinajstić information content (AvgIpc) is 2.89. The van der Waals surface area contributed by atoms with E-state index in [1.807, 2.05) is 38.1 Å². The van der Waals surface area contributed by atoms with Crippen molar-refractivity contribution in [2.24, 2.45) is 0 Å². The predicted molar refractivity (Wildman–Crippen MR) is 167 cm³/mol. The molecule has 1 rings (SSSR count). The molecule has 214 valence electrons. The van der Waals surface area contributed by atoms with Crippen LogP contribution in [0.2, 0.25) is 24.7 Å². The van der Waals surface area contributed by atoms with Crippen LogP contribution in [-0.2, 0) is 4.74 Å². The van der Waals surface area contributed by atoms with Crippen LogP contribution in [0.5, 0.6) is 0 Å². The minimum Gasteiger partial charge on any atom is -0.459 e. The van der Waals surface area contributed by atoms with Gasteiger partial charge in [0.15, 0.2) is 0 Å². The second-order valence-electron chi connectivity index (χ2n) is 11.9. The third kappa shape index (κ3) is 17.8. The molecule has 4 heteroatoms. The van der Waals surface area contributed by atoms with Gasteiger partial charge in [0, 0.05) is 12.2 Å². The molecule has 0 aliphatic heterocycles. The molecule has 3 nitrogen and oxygen atoms in total. The van der Waals surface area contributed by atoms with Crippen molar-refractivity contribution in [2.75, 3.05) is 11.9 Å². The molecule has 0 heterocycles. The molecule has 1 unspecified atom stereocenters. The Morgan fingerprint density at radius 2 is 1.19 bits per heavy atom. The normalized spacial score (nSPS) is 13.0. The lowest BCUT2D eigenvalue weighted by Gasteiger charge is -2.26. The highest BCUT2D eigenvalue weighted by molar-refractivity contribution is 6.78. The molecular formula is C33H61NO2Si. The highest BCUT2D eigenvalue weighted by Gasteiger charge is 2.23. The minimum atomic E-state index is -0.923. The third-order valence-corrected chi connectivity index (χ3v) is 12.8. The van der Waals surface area contributed by atoms with Gasteiger partial charge in [-0.2, -0.15) is 0 Å². The molecule has 0 saturated heterocycles. The molecule has 0 amide bonds. The number of hydrogen-bond donors (Lipinski definition) is 1. The number of unbranched alkanes of at least 4 members (excludes halogenated alkanes) is 14. The van der Waals surface area contributed by atoms with Crippen LogP contribution >= 0.6 is 0 Å². The Morgan fingerprint density at radius 1 is 0.730 bits per heavy atom. The van der Waals surface area contributed by atoms with Crippen molar-refractivity contribution < 1.29 is 9.53 Å². The van der Waals surface area contributed by atoms with E-state index in [0.717, 1.165) is 12.2 Å². The Labute approximate surface area is 231 Å². The van der Waals surface area contributed by atoms with Gasteiger partial charge in [-0.25, -0.2) is 4.79 Å². The van der Waals surface area contributed by atoms with Crippen LogP contribution < -0.4 is 5.32 Å². The molecule has 0 fully saturated rings. The van der Waals surface area contributed by atoms with Gasteiger partial charge >= 0.3 is 5.97 Å². The zero-order valence-electron chi connectivity index (χ0n) is 25.3. The molecule has 0 saturated carbocycles. The number of carbonyl (C=O) groups is 1. The predicted octanol–water partition coefficient (Wildman–Crippen LogP) is 11.0. The van der Waals surface area contributed by atoms with Gasteiger partial charge in [0.2, 0.25) is 0 Å². The van der Waals surface area contributed by atoms with Gasteiger partial charge in [-0.15, -0.1) is 0 Å². The van der Waals surface area contributed by atoms with Gasteiger partial charge in [-0.05, 0) is 44.5 Å². The van der Waals surface area contributed by atoms with E-state index in [-0.39, 0.29) is 12.1 Å². The summed E-state index contributed by atoms with van der Waals surface area (Å²) < 4.78 is 5.23. The number of benzene rings is 1. The van der Waals surface area contributed by atoms with Gasteiger partial charge in [-0.3, -0.25) is 0 Å². The SMILES string of the molecule is CCCCCC[Si](C)(CC)CCCCCCCCCCCCCCNc1ccc(C(=O)OC(C)C)cc1. The summed E-state index contributed by atoms with van der Waals surface area (Å²) in [7, 11) is -0.923. The van der Waals surface area contributed by atoms with Gasteiger partial charge in [0.1, 0.15) is 0 Å². The molecule has 0 radical (unpaired) electrons. The number of carbonyl (C=O) groups excluding carboxylic acids is 1. The van der Waals surface area contributed by atoms with Gasteiger partial charge in [0.05, 0.1) is 19.7 Å². The number of hydrogen-bond acceptors (Lipinski definition) is 3. The zero-order valence-corrected chi connectivity index (χ0v) is 26.3. The molecule has 1 aromatic carbocycles. The molecule has 0 spiro atoms. The highest BCUT2D eigenvalue weighted by atomic mass is 28.3. The summed E-state index contributed by atoms with van der Waals surface area (Å²) in [5.41, 5.74) is 1.69. The first-order chi connectivity index (χ1) is 17.9. The van der Waals surface area contributed by atoms with E-state index in [1.165, 1.54) is 109 Å². The van der Waals surface area contributed by atoms with Crippen molar-refractivity contribution in [2.45, 2.75) is 161 Å². The van der Waals surface area contributed by atoms with Crippen LogP contribution in [0.1, 0.15) is 141 Å². The second kappa shape index (κ2) is 21.6. The number of ether oxygens (including phenoxy) is 1.